The Morgan fingerprint density at radius 3 is 2.83 bits per heavy atom. The Labute approximate surface area is 140 Å². The number of hydrogen-bond acceptors (Lipinski definition) is 4. The van der Waals surface area contributed by atoms with Gasteiger partial charge in [-0.1, -0.05) is 11.2 Å². The molecule has 0 aliphatic heterocycles. The van der Waals surface area contributed by atoms with E-state index in [0.29, 0.717) is 24.6 Å². The second-order valence-corrected chi connectivity index (χ2v) is 5.73. The molecule has 2 amide bonds. The van der Waals surface area contributed by atoms with Gasteiger partial charge in [-0.3, -0.25) is 0 Å². The third-order valence-corrected chi connectivity index (χ3v) is 3.60. The van der Waals surface area contributed by atoms with E-state index in [1.165, 1.54) is 12.1 Å². The number of aromatic nitrogens is 1. The zero-order valence-electron chi connectivity index (χ0n) is 14.3. The van der Waals surface area contributed by atoms with Gasteiger partial charge in [-0.2, -0.15) is 0 Å². The summed E-state index contributed by atoms with van der Waals surface area (Å²) in [6, 6.07) is 5.67. The van der Waals surface area contributed by atoms with Crippen LogP contribution in [0.25, 0.3) is 0 Å². The van der Waals surface area contributed by atoms with Crippen LogP contribution < -0.4 is 10.1 Å². The predicted molar refractivity (Wildman–Crippen MR) is 87.3 cm³/mol. The lowest BCUT2D eigenvalue weighted by Gasteiger charge is -2.20. The highest BCUT2D eigenvalue weighted by atomic mass is 19.1. The maximum Gasteiger partial charge on any atom is 0.317 e. The summed E-state index contributed by atoms with van der Waals surface area (Å²) in [6.45, 7) is 6.18. The average molecular weight is 335 g/mol. The number of carbonyl (C=O) groups excluding carboxylic acids is 1. The average Bonchev–Trinajstić information content (AvgIpc) is 2.84. The molecule has 7 heteroatoms. The third kappa shape index (κ3) is 4.71. The topological polar surface area (TPSA) is 67.6 Å². The van der Waals surface area contributed by atoms with Crippen LogP contribution in [-0.4, -0.2) is 35.8 Å². The molecule has 1 aromatic heterocycles. The Morgan fingerprint density at radius 1 is 1.46 bits per heavy atom. The van der Waals surface area contributed by atoms with Gasteiger partial charge in [0.15, 0.2) is 0 Å². The van der Waals surface area contributed by atoms with E-state index < -0.39 is 0 Å². The molecule has 0 aliphatic rings. The lowest BCUT2D eigenvalue weighted by atomic mass is 10.2. The Morgan fingerprint density at radius 2 is 2.21 bits per heavy atom. The van der Waals surface area contributed by atoms with Crippen LogP contribution in [0.1, 0.15) is 23.9 Å². The lowest BCUT2D eigenvalue weighted by Crippen LogP contribution is -2.41. The van der Waals surface area contributed by atoms with Gasteiger partial charge in [0.05, 0.1) is 18.8 Å². The van der Waals surface area contributed by atoms with Crippen molar-refractivity contribution >= 4 is 6.03 Å². The van der Waals surface area contributed by atoms with E-state index in [1.807, 2.05) is 13.8 Å². The molecule has 2 aromatic rings. The summed E-state index contributed by atoms with van der Waals surface area (Å²) in [5, 5.41) is 6.66. The number of benzene rings is 1. The Balaban J connectivity index is 1.81. The summed E-state index contributed by atoms with van der Waals surface area (Å²) in [6.07, 6.45) is -0.289. The molecule has 1 atom stereocenters. The summed E-state index contributed by atoms with van der Waals surface area (Å²) in [5.74, 6) is 0.777. The largest absolute Gasteiger partial charge is 0.489 e. The highest BCUT2D eigenvalue weighted by molar-refractivity contribution is 5.73. The van der Waals surface area contributed by atoms with Gasteiger partial charge in [0, 0.05) is 18.7 Å². The molecule has 130 valence electrons. The number of aryl methyl sites for hydroxylation is 2. The van der Waals surface area contributed by atoms with Gasteiger partial charge in [-0.15, -0.1) is 0 Å². The Bertz CT molecular complexity index is 683. The molecule has 0 saturated carbocycles. The summed E-state index contributed by atoms with van der Waals surface area (Å²) >= 11 is 0. The van der Waals surface area contributed by atoms with Gasteiger partial charge in [0.1, 0.15) is 23.4 Å². The Kier molecular flexibility index (Phi) is 5.78. The van der Waals surface area contributed by atoms with Gasteiger partial charge in [-0.05, 0) is 32.9 Å². The number of amides is 2. The third-order valence-electron chi connectivity index (χ3n) is 3.60. The standard InChI is InChI=1S/C17H22FN3O3/c1-11(23-15-7-5-6-14(18)8-15)9-19-17(22)21(4)10-16-12(2)20-24-13(16)3/h5-8,11H,9-10H2,1-4H3,(H,19,22)/t11-/m1/s1. The molecule has 0 saturated heterocycles. The van der Waals surface area contributed by atoms with E-state index in [9.17, 15) is 9.18 Å². The molecule has 0 aliphatic carbocycles. The van der Waals surface area contributed by atoms with Crippen LogP contribution in [0.3, 0.4) is 0 Å². The van der Waals surface area contributed by atoms with E-state index in [0.717, 1.165) is 11.3 Å². The number of nitrogens with one attached hydrogen (secondary N) is 1. The zero-order chi connectivity index (χ0) is 17.7. The molecule has 0 spiro atoms. The Hall–Kier alpha value is -2.57. The summed E-state index contributed by atoms with van der Waals surface area (Å²) in [4.78, 5) is 13.7. The number of rotatable bonds is 6. The van der Waals surface area contributed by atoms with Gasteiger partial charge in [0.25, 0.3) is 0 Å². The molecule has 1 aromatic carbocycles. The van der Waals surface area contributed by atoms with Crippen LogP contribution in [0.5, 0.6) is 5.75 Å². The van der Waals surface area contributed by atoms with Crippen molar-refractivity contribution in [3.8, 4) is 5.75 Å². The van der Waals surface area contributed by atoms with Crippen molar-refractivity contribution in [2.45, 2.75) is 33.4 Å². The fourth-order valence-electron chi connectivity index (χ4n) is 2.22. The van der Waals surface area contributed by atoms with Crippen molar-refractivity contribution in [3.63, 3.8) is 0 Å². The highest BCUT2D eigenvalue weighted by Gasteiger charge is 2.16. The van der Waals surface area contributed by atoms with Gasteiger partial charge in [-0.25, -0.2) is 9.18 Å². The fourth-order valence-corrected chi connectivity index (χ4v) is 2.22. The number of urea groups is 1. The number of ether oxygens (including phenoxy) is 1. The van der Waals surface area contributed by atoms with E-state index >= 15 is 0 Å². The molecule has 1 heterocycles. The molecular weight excluding hydrogens is 313 g/mol. The first-order valence-electron chi connectivity index (χ1n) is 7.69. The van der Waals surface area contributed by atoms with Crippen LogP contribution in [-0.2, 0) is 6.54 Å². The summed E-state index contributed by atoms with van der Waals surface area (Å²) < 4.78 is 23.8. The van der Waals surface area contributed by atoms with E-state index in [4.69, 9.17) is 9.26 Å². The lowest BCUT2D eigenvalue weighted by molar-refractivity contribution is 0.188. The SMILES string of the molecule is Cc1noc(C)c1CN(C)C(=O)NC[C@@H](C)Oc1cccc(F)c1. The number of nitrogens with zero attached hydrogens (tertiary/aromatic N) is 2. The van der Waals surface area contributed by atoms with Crippen LogP contribution in [0.2, 0.25) is 0 Å². The molecule has 0 bridgehead atoms. The van der Waals surface area contributed by atoms with E-state index in [1.54, 1.807) is 31.0 Å². The maximum atomic E-state index is 13.1. The van der Waals surface area contributed by atoms with E-state index in [-0.39, 0.29) is 18.0 Å². The second kappa shape index (κ2) is 7.81. The van der Waals surface area contributed by atoms with Crippen molar-refractivity contribution in [1.29, 1.82) is 0 Å². The molecule has 2 rings (SSSR count). The number of halogens is 1. The fraction of sp³-hybridized carbons (Fsp3) is 0.412. The minimum atomic E-state index is -0.358. The van der Waals surface area contributed by atoms with Gasteiger partial charge in [0.2, 0.25) is 0 Å². The zero-order valence-corrected chi connectivity index (χ0v) is 14.3. The molecule has 6 nitrogen and oxygen atoms in total. The molecule has 0 fully saturated rings. The maximum absolute atomic E-state index is 13.1. The first-order valence-corrected chi connectivity index (χ1v) is 7.69. The van der Waals surface area contributed by atoms with Crippen LogP contribution in [0.4, 0.5) is 9.18 Å². The molecule has 1 N–H and O–H groups in total. The van der Waals surface area contributed by atoms with Crippen molar-refractivity contribution in [2.24, 2.45) is 0 Å². The molecule has 0 unspecified atom stereocenters. The van der Waals surface area contributed by atoms with Crippen LogP contribution in [0, 0.1) is 19.7 Å². The van der Waals surface area contributed by atoms with Crippen LogP contribution in [0.15, 0.2) is 28.8 Å². The first kappa shape index (κ1) is 17.8. The van der Waals surface area contributed by atoms with Gasteiger partial charge >= 0.3 is 6.03 Å². The van der Waals surface area contributed by atoms with Crippen molar-refractivity contribution in [3.05, 3.63) is 47.1 Å². The van der Waals surface area contributed by atoms with Crippen molar-refractivity contribution in [1.82, 2.24) is 15.4 Å². The van der Waals surface area contributed by atoms with Gasteiger partial charge < -0.3 is 19.5 Å². The second-order valence-electron chi connectivity index (χ2n) is 5.73. The van der Waals surface area contributed by atoms with Crippen LogP contribution >= 0.6 is 0 Å². The van der Waals surface area contributed by atoms with Crippen molar-refractivity contribution < 1.29 is 18.4 Å². The normalized spacial score (nSPS) is 11.9. The molecule has 24 heavy (non-hydrogen) atoms. The number of hydrogen-bond donors (Lipinski definition) is 1. The molecule has 0 radical (unpaired) electrons. The minimum Gasteiger partial charge on any atom is -0.489 e. The summed E-state index contributed by atoms with van der Waals surface area (Å²) in [7, 11) is 1.69. The predicted octanol–water partition coefficient (Wildman–Crippen LogP) is 3.04. The minimum absolute atomic E-state index is 0.232. The molecular formula is C17H22FN3O3. The smallest absolute Gasteiger partial charge is 0.317 e. The number of carbonyl (C=O) groups is 1. The quantitative estimate of drug-likeness (QED) is 0.881. The monoisotopic (exact) mass is 335 g/mol. The highest BCUT2D eigenvalue weighted by Crippen LogP contribution is 2.15. The first-order chi connectivity index (χ1) is 11.4. The van der Waals surface area contributed by atoms with E-state index in [2.05, 4.69) is 10.5 Å². The van der Waals surface area contributed by atoms with Crippen molar-refractivity contribution in [2.75, 3.05) is 13.6 Å². The summed E-state index contributed by atoms with van der Waals surface area (Å²) in [5.41, 5.74) is 1.67.